The van der Waals surface area contributed by atoms with Crippen LogP contribution in [-0.4, -0.2) is 35.6 Å². The summed E-state index contributed by atoms with van der Waals surface area (Å²) in [6.07, 6.45) is -3.94. The molecule has 0 bridgehead atoms. The number of rotatable bonds is 3. The zero-order valence-corrected chi connectivity index (χ0v) is 9.31. The summed E-state index contributed by atoms with van der Waals surface area (Å²) in [6.45, 7) is 2.14. The zero-order chi connectivity index (χ0) is 11.8. The van der Waals surface area contributed by atoms with Crippen molar-refractivity contribution in [2.75, 3.05) is 19.6 Å². The summed E-state index contributed by atoms with van der Waals surface area (Å²) < 4.78 is 37.5. The molecule has 0 aliphatic carbocycles. The van der Waals surface area contributed by atoms with Crippen molar-refractivity contribution in [3.8, 4) is 0 Å². The molecule has 7 heteroatoms. The second kappa shape index (κ2) is 4.31. The van der Waals surface area contributed by atoms with Gasteiger partial charge in [0.25, 0.3) is 0 Å². The van der Waals surface area contributed by atoms with Gasteiger partial charge in [-0.05, 0) is 0 Å². The highest BCUT2D eigenvalue weighted by atomic mass is 32.1. The fraction of sp³-hybridized carbons (Fsp3) is 0.667. The minimum Gasteiger partial charge on any atom is -0.325 e. The number of likely N-dealkylation sites (tertiary alicyclic amines) is 1. The van der Waals surface area contributed by atoms with Gasteiger partial charge >= 0.3 is 6.18 Å². The molecule has 0 atom stereocenters. The second-order valence-corrected chi connectivity index (χ2v) is 4.75. The molecule has 0 amide bonds. The van der Waals surface area contributed by atoms with Crippen LogP contribution in [0.4, 0.5) is 13.2 Å². The number of alkyl halides is 3. The third-order valence-corrected chi connectivity index (χ3v) is 3.46. The van der Waals surface area contributed by atoms with Crippen LogP contribution in [-0.2, 0) is 12.6 Å². The van der Waals surface area contributed by atoms with E-state index in [0.29, 0.717) is 24.3 Å². The third kappa shape index (κ3) is 2.53. The molecular formula is C9H12F3N3S. The van der Waals surface area contributed by atoms with Gasteiger partial charge in [0.15, 0.2) is 0 Å². The van der Waals surface area contributed by atoms with Gasteiger partial charge in [0.1, 0.15) is 4.88 Å². The Kier molecular flexibility index (Phi) is 3.18. The molecule has 1 aromatic heterocycles. The van der Waals surface area contributed by atoms with Crippen molar-refractivity contribution in [1.82, 2.24) is 9.88 Å². The van der Waals surface area contributed by atoms with Crippen LogP contribution in [0.25, 0.3) is 0 Å². The Labute approximate surface area is 95.1 Å². The van der Waals surface area contributed by atoms with Gasteiger partial charge in [-0.3, -0.25) is 4.90 Å². The first kappa shape index (κ1) is 11.8. The van der Waals surface area contributed by atoms with Crippen LogP contribution in [0.1, 0.15) is 10.6 Å². The molecule has 0 aromatic carbocycles. The summed E-state index contributed by atoms with van der Waals surface area (Å²) in [5.74, 6) is 0. The first-order valence-corrected chi connectivity index (χ1v) is 5.82. The zero-order valence-electron chi connectivity index (χ0n) is 8.50. The largest absolute Gasteiger partial charge is 0.427 e. The van der Waals surface area contributed by atoms with Crippen molar-refractivity contribution in [2.24, 2.45) is 5.73 Å². The van der Waals surface area contributed by atoms with Crippen molar-refractivity contribution < 1.29 is 13.2 Å². The van der Waals surface area contributed by atoms with Gasteiger partial charge in [-0.25, -0.2) is 4.98 Å². The van der Waals surface area contributed by atoms with Gasteiger partial charge in [-0.15, -0.1) is 11.3 Å². The van der Waals surface area contributed by atoms with Crippen LogP contribution < -0.4 is 5.73 Å². The predicted octanol–water partition coefficient (Wildman–Crippen LogP) is 1.35. The minimum absolute atomic E-state index is 0.151. The summed E-state index contributed by atoms with van der Waals surface area (Å²) >= 11 is 0.655. The van der Waals surface area contributed by atoms with Crippen LogP contribution in [0.5, 0.6) is 0 Å². The number of halogens is 3. The van der Waals surface area contributed by atoms with E-state index in [-0.39, 0.29) is 11.7 Å². The van der Waals surface area contributed by atoms with E-state index in [2.05, 4.69) is 4.98 Å². The molecule has 0 saturated carbocycles. The van der Waals surface area contributed by atoms with Crippen molar-refractivity contribution in [3.63, 3.8) is 0 Å². The Morgan fingerprint density at radius 2 is 2.19 bits per heavy atom. The lowest BCUT2D eigenvalue weighted by Gasteiger charge is -2.36. The number of nitrogens with two attached hydrogens (primary N) is 1. The topological polar surface area (TPSA) is 42.1 Å². The molecule has 0 spiro atoms. The first-order valence-electron chi connectivity index (χ1n) is 4.94. The number of hydrogen-bond acceptors (Lipinski definition) is 4. The average Bonchev–Trinajstić information content (AvgIpc) is 2.57. The minimum atomic E-state index is -4.28. The standard InChI is InChI=1S/C9H12F3N3S/c10-9(11,12)8-7(14-5-16-8)1-2-15-3-6(13)4-15/h5-6H,1-4,13H2. The monoisotopic (exact) mass is 251 g/mol. The molecule has 1 aliphatic rings. The Morgan fingerprint density at radius 1 is 1.50 bits per heavy atom. The van der Waals surface area contributed by atoms with Gasteiger partial charge in [-0.2, -0.15) is 13.2 Å². The van der Waals surface area contributed by atoms with E-state index in [9.17, 15) is 13.2 Å². The Bertz CT molecular complexity index is 357. The molecule has 0 unspecified atom stereocenters. The maximum Gasteiger partial charge on any atom is 0.427 e. The SMILES string of the molecule is NC1CN(CCc2ncsc2C(F)(F)F)C1. The predicted molar refractivity (Wildman–Crippen MR) is 55.2 cm³/mol. The average molecular weight is 251 g/mol. The number of thiazole rings is 1. The molecule has 3 nitrogen and oxygen atoms in total. The van der Waals surface area contributed by atoms with E-state index in [4.69, 9.17) is 5.73 Å². The van der Waals surface area contributed by atoms with E-state index < -0.39 is 11.1 Å². The summed E-state index contributed by atoms with van der Waals surface area (Å²) in [5.41, 5.74) is 6.98. The highest BCUT2D eigenvalue weighted by molar-refractivity contribution is 7.09. The maximum absolute atomic E-state index is 12.5. The normalized spacial score (nSPS) is 18.8. The summed E-state index contributed by atoms with van der Waals surface area (Å²) in [6, 6.07) is 0.178. The molecule has 2 heterocycles. The molecule has 16 heavy (non-hydrogen) atoms. The number of hydrogen-bond donors (Lipinski definition) is 1. The van der Waals surface area contributed by atoms with Crippen molar-refractivity contribution in [1.29, 1.82) is 0 Å². The Morgan fingerprint density at radius 3 is 2.75 bits per heavy atom. The second-order valence-electron chi connectivity index (χ2n) is 3.90. The van der Waals surface area contributed by atoms with Gasteiger partial charge in [-0.1, -0.05) is 0 Å². The molecule has 1 aromatic rings. The molecule has 1 aliphatic heterocycles. The number of aromatic nitrogens is 1. The molecular weight excluding hydrogens is 239 g/mol. The van der Waals surface area contributed by atoms with Gasteiger partial charge in [0.2, 0.25) is 0 Å². The van der Waals surface area contributed by atoms with E-state index in [0.717, 1.165) is 13.1 Å². The smallest absolute Gasteiger partial charge is 0.325 e. The summed E-state index contributed by atoms with van der Waals surface area (Å²) in [4.78, 5) is 5.23. The number of nitrogens with zero attached hydrogens (tertiary/aromatic N) is 2. The summed E-state index contributed by atoms with van der Waals surface area (Å²) in [7, 11) is 0. The molecule has 0 radical (unpaired) electrons. The fourth-order valence-electron chi connectivity index (χ4n) is 1.73. The maximum atomic E-state index is 12.5. The summed E-state index contributed by atoms with van der Waals surface area (Å²) in [5, 5.41) is 0. The van der Waals surface area contributed by atoms with Crippen molar-refractivity contribution in [3.05, 3.63) is 16.1 Å². The highest BCUT2D eigenvalue weighted by Gasteiger charge is 2.36. The van der Waals surface area contributed by atoms with Gasteiger partial charge in [0, 0.05) is 32.1 Å². The highest BCUT2D eigenvalue weighted by Crippen LogP contribution is 2.34. The lowest BCUT2D eigenvalue weighted by Crippen LogP contribution is -2.56. The van der Waals surface area contributed by atoms with Crippen molar-refractivity contribution in [2.45, 2.75) is 18.6 Å². The van der Waals surface area contributed by atoms with E-state index in [1.165, 1.54) is 5.51 Å². The van der Waals surface area contributed by atoms with E-state index in [1.54, 1.807) is 0 Å². The van der Waals surface area contributed by atoms with Crippen molar-refractivity contribution >= 4 is 11.3 Å². The van der Waals surface area contributed by atoms with Gasteiger partial charge in [0.05, 0.1) is 11.2 Å². The van der Waals surface area contributed by atoms with Gasteiger partial charge < -0.3 is 5.73 Å². The third-order valence-electron chi connectivity index (χ3n) is 2.55. The molecule has 90 valence electrons. The molecule has 2 rings (SSSR count). The van der Waals surface area contributed by atoms with Crippen LogP contribution in [0.2, 0.25) is 0 Å². The Hall–Kier alpha value is -0.660. The molecule has 1 saturated heterocycles. The van der Waals surface area contributed by atoms with Crippen LogP contribution in [0, 0.1) is 0 Å². The van der Waals surface area contributed by atoms with Crippen LogP contribution in [0.3, 0.4) is 0 Å². The van der Waals surface area contributed by atoms with Crippen LogP contribution in [0.15, 0.2) is 5.51 Å². The first-order chi connectivity index (χ1) is 7.47. The van der Waals surface area contributed by atoms with E-state index in [1.807, 2.05) is 4.90 Å². The fourth-order valence-corrected chi connectivity index (χ4v) is 2.44. The van der Waals surface area contributed by atoms with Crippen LogP contribution >= 0.6 is 11.3 Å². The quantitative estimate of drug-likeness (QED) is 0.881. The Balaban J connectivity index is 1.92. The molecule has 2 N–H and O–H groups in total. The van der Waals surface area contributed by atoms with E-state index >= 15 is 0 Å². The lowest BCUT2D eigenvalue weighted by atomic mass is 10.1. The lowest BCUT2D eigenvalue weighted by molar-refractivity contribution is -0.135. The molecule has 1 fully saturated rings.